The average molecular weight is 252 g/mol. The molecule has 1 amide bonds. The number of ether oxygens (including phenoxy) is 1. The Labute approximate surface area is 107 Å². The second-order valence-corrected chi connectivity index (χ2v) is 4.26. The van der Waals surface area contributed by atoms with Crippen molar-refractivity contribution < 1.29 is 14.6 Å². The molecule has 1 aromatic rings. The molecule has 0 saturated heterocycles. The van der Waals surface area contributed by atoms with Gasteiger partial charge < -0.3 is 20.5 Å². The molecule has 5 nitrogen and oxygen atoms in total. The van der Waals surface area contributed by atoms with E-state index in [-0.39, 0.29) is 6.54 Å². The average Bonchev–Trinajstić information content (AvgIpc) is 2.35. The minimum atomic E-state index is -1.17. The van der Waals surface area contributed by atoms with E-state index in [2.05, 4.69) is 0 Å². The Kier molecular flexibility index (Phi) is 4.69. The maximum Gasteiger partial charge on any atom is 0.256 e. The first kappa shape index (κ1) is 14.5. The van der Waals surface area contributed by atoms with Crippen LogP contribution in [-0.2, 0) is 4.79 Å². The highest BCUT2D eigenvalue weighted by Gasteiger charge is 2.20. The number of anilines is 1. The van der Waals surface area contributed by atoms with Gasteiger partial charge in [0.25, 0.3) is 5.91 Å². The zero-order chi connectivity index (χ0) is 13.9. The zero-order valence-electron chi connectivity index (χ0n) is 11.2. The van der Waals surface area contributed by atoms with Crippen LogP contribution in [-0.4, -0.2) is 37.8 Å². The van der Waals surface area contributed by atoms with Crippen LogP contribution in [0.2, 0.25) is 0 Å². The van der Waals surface area contributed by atoms with E-state index in [1.54, 1.807) is 14.2 Å². The highest BCUT2D eigenvalue weighted by molar-refractivity contribution is 5.96. The monoisotopic (exact) mass is 252 g/mol. The smallest absolute Gasteiger partial charge is 0.256 e. The van der Waals surface area contributed by atoms with Gasteiger partial charge in [-0.05, 0) is 37.1 Å². The first-order chi connectivity index (χ1) is 8.42. The van der Waals surface area contributed by atoms with Crippen molar-refractivity contribution in [3.05, 3.63) is 23.3 Å². The van der Waals surface area contributed by atoms with Crippen LogP contribution in [0.4, 0.5) is 5.69 Å². The number of nitrogens with zero attached hydrogens (tertiary/aromatic N) is 1. The number of hydrogen-bond donors (Lipinski definition) is 2. The number of likely N-dealkylation sites (N-methyl/N-ethyl adjacent to an activating group) is 1. The highest BCUT2D eigenvalue weighted by atomic mass is 16.5. The molecular weight excluding hydrogens is 232 g/mol. The topological polar surface area (TPSA) is 75.8 Å². The van der Waals surface area contributed by atoms with Crippen LogP contribution in [0, 0.1) is 13.8 Å². The summed E-state index contributed by atoms with van der Waals surface area (Å²) in [5.41, 5.74) is 7.87. The Morgan fingerprint density at radius 3 is 2.33 bits per heavy atom. The molecule has 0 aliphatic rings. The molecule has 5 heteroatoms. The van der Waals surface area contributed by atoms with E-state index >= 15 is 0 Å². The number of aryl methyl sites for hydroxylation is 2. The van der Waals surface area contributed by atoms with Gasteiger partial charge in [0.1, 0.15) is 11.9 Å². The molecule has 0 aliphatic carbocycles. The van der Waals surface area contributed by atoms with E-state index < -0.39 is 12.0 Å². The van der Waals surface area contributed by atoms with Crippen LogP contribution in [0.25, 0.3) is 0 Å². The van der Waals surface area contributed by atoms with Crippen LogP contribution >= 0.6 is 0 Å². The summed E-state index contributed by atoms with van der Waals surface area (Å²) >= 11 is 0. The predicted molar refractivity (Wildman–Crippen MR) is 70.9 cm³/mol. The van der Waals surface area contributed by atoms with Gasteiger partial charge >= 0.3 is 0 Å². The molecule has 0 aliphatic heterocycles. The molecule has 18 heavy (non-hydrogen) atoms. The Balaban J connectivity index is 3.08. The molecule has 0 aromatic heterocycles. The van der Waals surface area contributed by atoms with Gasteiger partial charge in [-0.15, -0.1) is 0 Å². The lowest BCUT2D eigenvalue weighted by molar-refractivity contribution is -0.125. The van der Waals surface area contributed by atoms with Crippen molar-refractivity contribution in [2.24, 2.45) is 5.73 Å². The number of methoxy groups -OCH3 is 1. The van der Waals surface area contributed by atoms with Gasteiger partial charge in [-0.1, -0.05) is 0 Å². The van der Waals surface area contributed by atoms with Crippen molar-refractivity contribution in [1.82, 2.24) is 0 Å². The molecule has 1 unspecified atom stereocenters. The Bertz CT molecular complexity index is 423. The molecule has 1 rings (SSSR count). The summed E-state index contributed by atoms with van der Waals surface area (Å²) in [4.78, 5) is 13.2. The fourth-order valence-electron chi connectivity index (χ4n) is 1.89. The molecule has 1 aromatic carbocycles. The van der Waals surface area contributed by atoms with E-state index in [0.29, 0.717) is 5.69 Å². The van der Waals surface area contributed by atoms with Crippen LogP contribution in [0.5, 0.6) is 5.75 Å². The number of aliphatic hydroxyl groups excluding tert-OH is 1. The standard InChI is InChI=1S/C13H20N2O3/c1-8-5-10(6-9(2)12(8)18-4)15(3)13(17)11(16)7-14/h5-6,11,16H,7,14H2,1-4H3. The molecule has 0 fully saturated rings. The predicted octanol–water partition coefficient (Wildman–Crippen LogP) is 0.594. The first-order valence-corrected chi connectivity index (χ1v) is 5.73. The normalized spacial score (nSPS) is 12.1. The highest BCUT2D eigenvalue weighted by Crippen LogP contribution is 2.28. The van der Waals surface area contributed by atoms with Gasteiger partial charge in [0.15, 0.2) is 0 Å². The minimum Gasteiger partial charge on any atom is -0.496 e. The Morgan fingerprint density at radius 1 is 1.44 bits per heavy atom. The third-order valence-corrected chi connectivity index (χ3v) is 2.88. The van der Waals surface area contributed by atoms with E-state index in [1.807, 2.05) is 26.0 Å². The number of rotatable bonds is 4. The lowest BCUT2D eigenvalue weighted by Gasteiger charge is -2.22. The van der Waals surface area contributed by atoms with Crippen LogP contribution in [0.3, 0.4) is 0 Å². The summed E-state index contributed by atoms with van der Waals surface area (Å²) < 4.78 is 5.27. The van der Waals surface area contributed by atoms with Crippen molar-refractivity contribution >= 4 is 11.6 Å². The van der Waals surface area contributed by atoms with Gasteiger partial charge in [-0.2, -0.15) is 0 Å². The second-order valence-electron chi connectivity index (χ2n) is 4.26. The van der Waals surface area contributed by atoms with Gasteiger partial charge in [-0.3, -0.25) is 4.79 Å². The van der Waals surface area contributed by atoms with Gasteiger partial charge in [-0.25, -0.2) is 0 Å². The third-order valence-electron chi connectivity index (χ3n) is 2.88. The van der Waals surface area contributed by atoms with Crippen LogP contribution in [0.15, 0.2) is 12.1 Å². The molecule has 0 heterocycles. The Hall–Kier alpha value is -1.59. The van der Waals surface area contributed by atoms with E-state index in [4.69, 9.17) is 10.5 Å². The van der Waals surface area contributed by atoms with Crippen molar-refractivity contribution in [1.29, 1.82) is 0 Å². The zero-order valence-corrected chi connectivity index (χ0v) is 11.2. The van der Waals surface area contributed by atoms with Gasteiger partial charge in [0, 0.05) is 19.3 Å². The number of benzene rings is 1. The largest absolute Gasteiger partial charge is 0.496 e. The lowest BCUT2D eigenvalue weighted by Crippen LogP contribution is -2.40. The van der Waals surface area contributed by atoms with Crippen LogP contribution < -0.4 is 15.4 Å². The molecule has 0 saturated carbocycles. The molecule has 100 valence electrons. The number of carbonyl (C=O) groups is 1. The van der Waals surface area contributed by atoms with E-state index in [1.165, 1.54) is 4.90 Å². The van der Waals surface area contributed by atoms with Gasteiger partial charge in [0.2, 0.25) is 0 Å². The molecule has 0 bridgehead atoms. The number of nitrogens with two attached hydrogens (primary N) is 1. The van der Waals surface area contributed by atoms with Crippen molar-refractivity contribution in [2.75, 3.05) is 25.6 Å². The number of amides is 1. The first-order valence-electron chi connectivity index (χ1n) is 5.73. The number of aliphatic hydroxyl groups is 1. The summed E-state index contributed by atoms with van der Waals surface area (Å²) in [6.45, 7) is 3.73. The number of hydrogen-bond acceptors (Lipinski definition) is 4. The molecule has 3 N–H and O–H groups in total. The lowest BCUT2D eigenvalue weighted by atomic mass is 10.1. The maximum absolute atomic E-state index is 11.8. The minimum absolute atomic E-state index is 0.0860. The van der Waals surface area contributed by atoms with Crippen molar-refractivity contribution in [2.45, 2.75) is 20.0 Å². The van der Waals surface area contributed by atoms with E-state index in [9.17, 15) is 9.90 Å². The fraction of sp³-hybridized carbons (Fsp3) is 0.462. The summed E-state index contributed by atoms with van der Waals surface area (Å²) in [5.74, 6) is 0.389. The second kappa shape index (κ2) is 5.84. The van der Waals surface area contributed by atoms with Gasteiger partial charge in [0.05, 0.1) is 7.11 Å². The molecule has 1 atom stereocenters. The van der Waals surface area contributed by atoms with Crippen LogP contribution in [0.1, 0.15) is 11.1 Å². The molecular formula is C13H20N2O3. The SMILES string of the molecule is COc1c(C)cc(N(C)C(=O)C(O)CN)cc1C. The fourth-order valence-corrected chi connectivity index (χ4v) is 1.89. The summed E-state index contributed by atoms with van der Waals surface area (Å²) in [5, 5.41) is 9.46. The van der Waals surface area contributed by atoms with Crippen molar-refractivity contribution in [3.8, 4) is 5.75 Å². The Morgan fingerprint density at radius 2 is 1.94 bits per heavy atom. The maximum atomic E-state index is 11.8. The summed E-state index contributed by atoms with van der Waals surface area (Å²) in [6, 6.07) is 3.68. The van der Waals surface area contributed by atoms with Crippen molar-refractivity contribution in [3.63, 3.8) is 0 Å². The summed E-state index contributed by atoms with van der Waals surface area (Å²) in [7, 11) is 3.23. The quantitative estimate of drug-likeness (QED) is 0.822. The number of carbonyl (C=O) groups excluding carboxylic acids is 1. The van der Waals surface area contributed by atoms with E-state index in [0.717, 1.165) is 16.9 Å². The molecule has 0 spiro atoms. The summed E-state index contributed by atoms with van der Waals surface area (Å²) in [6.07, 6.45) is -1.17. The molecule has 0 radical (unpaired) electrons. The third kappa shape index (κ3) is 2.80.